The smallest absolute Gasteiger partial charge is 0.349 e. The van der Waals surface area contributed by atoms with Gasteiger partial charge < -0.3 is 10.5 Å². The van der Waals surface area contributed by atoms with Gasteiger partial charge in [0.1, 0.15) is 0 Å². The number of ether oxygens (including phenoxy) is 1. The molecule has 2 aromatic carbocycles. The lowest BCUT2D eigenvalue weighted by atomic mass is 9.88. The number of nitrogens with zero attached hydrogens (tertiary/aromatic N) is 3. The quantitative estimate of drug-likeness (QED) is 0.821. The number of aryl methyl sites for hydroxylation is 1. The minimum absolute atomic E-state index is 0.186. The standard InChI is InChI=1S/C21H24N4O2/c1-14-3-8-18-19(13-14)25(17-6-4-16(22)5-7-17)21(26)24(2)23-20(18)15-9-11-27-12-10-15/h3-8,13,15H,9-12,22H2,1-2H3. The number of carbonyl (C=O) groups is 1. The molecule has 4 rings (SSSR count). The van der Waals surface area contributed by atoms with Gasteiger partial charge in [0.05, 0.1) is 17.1 Å². The van der Waals surface area contributed by atoms with E-state index in [1.54, 1.807) is 11.9 Å². The lowest BCUT2D eigenvalue weighted by Crippen LogP contribution is -2.34. The molecule has 0 bridgehead atoms. The van der Waals surface area contributed by atoms with E-state index >= 15 is 0 Å². The Labute approximate surface area is 159 Å². The molecule has 0 aliphatic carbocycles. The van der Waals surface area contributed by atoms with Gasteiger partial charge in [0.15, 0.2) is 0 Å². The summed E-state index contributed by atoms with van der Waals surface area (Å²) in [7, 11) is 1.71. The molecule has 2 heterocycles. The summed E-state index contributed by atoms with van der Waals surface area (Å²) < 4.78 is 5.52. The summed E-state index contributed by atoms with van der Waals surface area (Å²) in [5, 5.41) is 6.16. The van der Waals surface area contributed by atoms with Crippen LogP contribution in [0.3, 0.4) is 0 Å². The summed E-state index contributed by atoms with van der Waals surface area (Å²) in [4.78, 5) is 14.9. The first-order valence-corrected chi connectivity index (χ1v) is 9.25. The second-order valence-electron chi connectivity index (χ2n) is 7.13. The number of hydrogen-bond acceptors (Lipinski definition) is 4. The Morgan fingerprint density at radius 3 is 2.52 bits per heavy atom. The van der Waals surface area contributed by atoms with Gasteiger partial charge in [-0.1, -0.05) is 12.1 Å². The van der Waals surface area contributed by atoms with Crippen LogP contribution in [-0.2, 0) is 4.74 Å². The Bertz CT molecular complexity index is 886. The van der Waals surface area contributed by atoms with E-state index in [4.69, 9.17) is 15.6 Å². The Balaban J connectivity index is 1.87. The molecule has 1 fully saturated rings. The Hall–Kier alpha value is -2.86. The van der Waals surface area contributed by atoms with Crippen molar-refractivity contribution < 1.29 is 9.53 Å². The summed E-state index contributed by atoms with van der Waals surface area (Å²) in [6, 6.07) is 13.4. The number of hydrazone groups is 1. The normalized spacial score (nSPS) is 18.1. The maximum Gasteiger partial charge on any atom is 0.349 e. The zero-order chi connectivity index (χ0) is 19.0. The maximum atomic E-state index is 13.2. The second kappa shape index (κ2) is 7.04. The van der Waals surface area contributed by atoms with Crippen molar-refractivity contribution in [2.24, 2.45) is 11.0 Å². The first-order valence-electron chi connectivity index (χ1n) is 9.25. The SMILES string of the molecule is Cc1ccc2c(c1)N(c1ccc(N)cc1)C(=O)N(C)N=C2C1CCOCC1. The first kappa shape index (κ1) is 17.5. The van der Waals surface area contributed by atoms with Crippen molar-refractivity contribution in [1.82, 2.24) is 5.01 Å². The lowest BCUT2D eigenvalue weighted by molar-refractivity contribution is 0.0826. The van der Waals surface area contributed by atoms with E-state index in [9.17, 15) is 4.79 Å². The molecule has 2 aliphatic rings. The van der Waals surface area contributed by atoms with Crippen molar-refractivity contribution in [2.75, 3.05) is 30.9 Å². The highest BCUT2D eigenvalue weighted by Crippen LogP contribution is 2.36. The molecule has 6 heteroatoms. The fourth-order valence-electron chi connectivity index (χ4n) is 3.69. The van der Waals surface area contributed by atoms with Gasteiger partial charge in [0, 0.05) is 37.4 Å². The molecular weight excluding hydrogens is 340 g/mol. The number of amides is 2. The average Bonchev–Trinajstić information content (AvgIpc) is 2.78. The van der Waals surface area contributed by atoms with Crippen molar-refractivity contribution in [3.05, 3.63) is 53.6 Å². The average molecular weight is 364 g/mol. The number of anilines is 3. The highest BCUT2D eigenvalue weighted by atomic mass is 16.5. The maximum absolute atomic E-state index is 13.2. The third kappa shape index (κ3) is 3.28. The summed E-state index contributed by atoms with van der Waals surface area (Å²) in [5.74, 6) is 0.279. The molecule has 2 amide bonds. The number of rotatable bonds is 2. The van der Waals surface area contributed by atoms with E-state index in [-0.39, 0.29) is 11.9 Å². The molecule has 27 heavy (non-hydrogen) atoms. The highest BCUT2D eigenvalue weighted by Gasteiger charge is 2.32. The molecule has 0 radical (unpaired) electrons. The molecule has 140 valence electrons. The molecule has 0 spiro atoms. The number of nitrogens with two attached hydrogens (primary N) is 1. The van der Waals surface area contributed by atoms with Gasteiger partial charge in [0.2, 0.25) is 0 Å². The Kier molecular flexibility index (Phi) is 4.58. The summed E-state index contributed by atoms with van der Waals surface area (Å²) >= 11 is 0. The van der Waals surface area contributed by atoms with Crippen LogP contribution in [0.15, 0.2) is 47.6 Å². The van der Waals surface area contributed by atoms with E-state index in [1.165, 1.54) is 5.01 Å². The molecular formula is C21H24N4O2. The van der Waals surface area contributed by atoms with Crippen LogP contribution in [0.2, 0.25) is 0 Å². The fraction of sp³-hybridized carbons (Fsp3) is 0.333. The number of urea groups is 1. The molecule has 2 aromatic rings. The molecule has 2 aliphatic heterocycles. The molecule has 0 aromatic heterocycles. The Morgan fingerprint density at radius 1 is 1.11 bits per heavy atom. The summed E-state index contributed by atoms with van der Waals surface area (Å²) in [6.07, 6.45) is 1.83. The number of carbonyl (C=O) groups excluding carboxylic acids is 1. The number of hydrogen-bond donors (Lipinski definition) is 1. The van der Waals surface area contributed by atoms with Gasteiger partial charge in [-0.15, -0.1) is 0 Å². The van der Waals surface area contributed by atoms with Crippen LogP contribution in [0, 0.1) is 12.8 Å². The highest BCUT2D eigenvalue weighted by molar-refractivity contribution is 6.13. The summed E-state index contributed by atoms with van der Waals surface area (Å²) in [6.45, 7) is 3.49. The van der Waals surface area contributed by atoms with E-state index in [1.807, 2.05) is 31.2 Å². The van der Waals surface area contributed by atoms with E-state index in [2.05, 4.69) is 18.2 Å². The van der Waals surface area contributed by atoms with Crippen LogP contribution in [0.5, 0.6) is 0 Å². The predicted octanol–water partition coefficient (Wildman–Crippen LogP) is 3.91. The first-order chi connectivity index (χ1) is 13.0. The van der Waals surface area contributed by atoms with Crippen LogP contribution < -0.4 is 10.6 Å². The molecule has 6 nitrogen and oxygen atoms in total. The largest absolute Gasteiger partial charge is 0.399 e. The molecule has 1 saturated heterocycles. The Morgan fingerprint density at radius 2 is 1.81 bits per heavy atom. The monoisotopic (exact) mass is 364 g/mol. The van der Waals surface area contributed by atoms with Gasteiger partial charge in [0.25, 0.3) is 0 Å². The topological polar surface area (TPSA) is 71.2 Å². The van der Waals surface area contributed by atoms with E-state index < -0.39 is 0 Å². The number of nitrogen functional groups attached to an aromatic ring is 1. The van der Waals surface area contributed by atoms with Crippen LogP contribution in [-0.4, -0.2) is 37.0 Å². The molecule has 2 N–H and O–H groups in total. The van der Waals surface area contributed by atoms with Crippen molar-refractivity contribution in [2.45, 2.75) is 19.8 Å². The van der Waals surface area contributed by atoms with Gasteiger partial charge in [-0.25, -0.2) is 9.80 Å². The van der Waals surface area contributed by atoms with Crippen LogP contribution in [0.1, 0.15) is 24.0 Å². The van der Waals surface area contributed by atoms with Crippen molar-refractivity contribution >= 4 is 28.8 Å². The zero-order valence-corrected chi connectivity index (χ0v) is 15.7. The van der Waals surface area contributed by atoms with Gasteiger partial charge in [-0.3, -0.25) is 4.90 Å². The van der Waals surface area contributed by atoms with E-state index in [0.717, 1.165) is 54.3 Å². The predicted molar refractivity (Wildman–Crippen MR) is 107 cm³/mol. The fourth-order valence-corrected chi connectivity index (χ4v) is 3.69. The van der Waals surface area contributed by atoms with Gasteiger partial charge >= 0.3 is 6.03 Å². The third-order valence-corrected chi connectivity index (χ3v) is 5.16. The molecule has 0 unspecified atom stereocenters. The van der Waals surface area contributed by atoms with Crippen molar-refractivity contribution in [3.8, 4) is 0 Å². The third-order valence-electron chi connectivity index (χ3n) is 5.16. The van der Waals surface area contributed by atoms with Crippen molar-refractivity contribution in [1.29, 1.82) is 0 Å². The van der Waals surface area contributed by atoms with Crippen molar-refractivity contribution in [3.63, 3.8) is 0 Å². The van der Waals surface area contributed by atoms with Crippen LogP contribution in [0.4, 0.5) is 21.9 Å². The number of benzene rings is 2. The van der Waals surface area contributed by atoms with Gasteiger partial charge in [-0.05, 0) is 55.7 Å². The zero-order valence-electron chi connectivity index (χ0n) is 15.7. The lowest BCUT2D eigenvalue weighted by Gasteiger charge is -2.26. The minimum Gasteiger partial charge on any atom is -0.399 e. The molecule has 0 atom stereocenters. The van der Waals surface area contributed by atoms with Crippen LogP contribution in [0.25, 0.3) is 0 Å². The molecule has 0 saturated carbocycles. The van der Waals surface area contributed by atoms with Crippen LogP contribution >= 0.6 is 0 Å². The number of fused-ring (bicyclic) bond motifs is 1. The van der Waals surface area contributed by atoms with E-state index in [0.29, 0.717) is 5.69 Å². The summed E-state index contributed by atoms with van der Waals surface area (Å²) in [5.41, 5.74) is 11.2. The second-order valence-corrected chi connectivity index (χ2v) is 7.13. The minimum atomic E-state index is -0.186. The van der Waals surface area contributed by atoms with Gasteiger partial charge in [-0.2, -0.15) is 5.10 Å².